The molecule has 1 aromatic carbocycles. The Labute approximate surface area is 209 Å². The maximum Gasteiger partial charge on any atom is 0.416 e. The van der Waals surface area contributed by atoms with Gasteiger partial charge in [-0.15, -0.1) is 0 Å². The highest BCUT2D eigenvalue weighted by molar-refractivity contribution is 8.16. The molecule has 4 atom stereocenters. The fraction of sp³-hybridized carbons (Fsp3) is 0.667. The number of carbonyl (C=O) groups is 2. The van der Waals surface area contributed by atoms with Crippen molar-refractivity contribution in [1.82, 2.24) is 4.90 Å². The lowest BCUT2D eigenvalue weighted by Gasteiger charge is -2.38. The number of hydrogen-bond acceptors (Lipinski definition) is 3. The minimum atomic E-state index is -4.35. The highest BCUT2D eigenvalue weighted by Crippen LogP contribution is 2.52. The summed E-state index contributed by atoms with van der Waals surface area (Å²) in [6.45, 7) is 3.26. The normalized spacial score (nSPS) is 31.3. The van der Waals surface area contributed by atoms with Crippen molar-refractivity contribution in [2.24, 2.45) is 28.7 Å². The second-order valence-corrected chi connectivity index (χ2v) is 12.5. The van der Waals surface area contributed by atoms with Crippen molar-refractivity contribution in [3.8, 4) is 0 Å². The number of benzene rings is 1. The number of fused-ring (bicyclic) bond motifs is 2. The molecule has 35 heavy (non-hydrogen) atoms. The molecular weight excluding hydrogens is 473 g/mol. The van der Waals surface area contributed by atoms with E-state index in [0.29, 0.717) is 25.4 Å². The number of hydrogen-bond donors (Lipinski definition) is 0. The van der Waals surface area contributed by atoms with E-state index in [2.05, 4.69) is 4.99 Å². The summed E-state index contributed by atoms with van der Waals surface area (Å²) in [7, 11) is 0. The second-order valence-electron chi connectivity index (χ2n) is 11.0. The number of aliphatic imine (C=N–C) groups is 1. The zero-order valence-corrected chi connectivity index (χ0v) is 21.0. The molecule has 1 unspecified atom stereocenters. The van der Waals surface area contributed by atoms with Crippen LogP contribution in [0.2, 0.25) is 0 Å². The van der Waals surface area contributed by atoms with E-state index in [1.54, 1.807) is 11.8 Å². The molecule has 0 N–H and O–H groups in total. The summed E-state index contributed by atoms with van der Waals surface area (Å²) in [6.07, 6.45) is 4.21. The zero-order chi connectivity index (χ0) is 24.8. The first-order chi connectivity index (χ1) is 16.6. The van der Waals surface area contributed by atoms with Gasteiger partial charge in [-0.05, 0) is 93.2 Å². The first-order valence-corrected chi connectivity index (χ1v) is 13.7. The molecule has 190 valence electrons. The average Bonchev–Trinajstić information content (AvgIpc) is 3.52. The maximum atomic E-state index is 12.9. The van der Waals surface area contributed by atoms with Crippen LogP contribution in [-0.4, -0.2) is 39.6 Å². The molecule has 4 nitrogen and oxygen atoms in total. The van der Waals surface area contributed by atoms with Gasteiger partial charge in [-0.25, -0.2) is 4.99 Å². The number of alkyl halides is 3. The molecule has 4 aliphatic rings. The SMILES string of the molecule is CC1(C2CCN(C(=O)CCc3ccc(C(F)(F)F)cc3)CC2)SC(C[C@H]2C[C@@H]3CC[C@H]2C3)=NC1=O. The molecule has 2 saturated carbocycles. The third-order valence-corrected chi connectivity index (χ3v) is 10.3. The number of halogens is 3. The van der Waals surface area contributed by atoms with Crippen LogP contribution in [0.25, 0.3) is 0 Å². The fourth-order valence-electron chi connectivity index (χ4n) is 6.68. The topological polar surface area (TPSA) is 49.7 Å². The lowest BCUT2D eigenvalue weighted by Crippen LogP contribution is -2.46. The van der Waals surface area contributed by atoms with Gasteiger partial charge >= 0.3 is 6.18 Å². The fourth-order valence-corrected chi connectivity index (χ4v) is 8.13. The largest absolute Gasteiger partial charge is 0.416 e. The minimum Gasteiger partial charge on any atom is -0.343 e. The lowest BCUT2D eigenvalue weighted by atomic mass is 9.84. The number of rotatable bonds is 6. The van der Waals surface area contributed by atoms with Crippen LogP contribution in [0.5, 0.6) is 0 Å². The Bertz CT molecular complexity index is 1000. The van der Waals surface area contributed by atoms with Crippen molar-refractivity contribution in [2.45, 2.75) is 75.6 Å². The van der Waals surface area contributed by atoms with E-state index in [-0.39, 0.29) is 24.2 Å². The second kappa shape index (κ2) is 9.56. The van der Waals surface area contributed by atoms with Crippen LogP contribution in [0.4, 0.5) is 13.2 Å². The number of amides is 2. The summed E-state index contributed by atoms with van der Waals surface area (Å²) in [6, 6.07) is 5.02. The van der Waals surface area contributed by atoms with Crippen LogP contribution >= 0.6 is 11.8 Å². The van der Waals surface area contributed by atoms with Gasteiger partial charge in [-0.1, -0.05) is 30.3 Å². The van der Waals surface area contributed by atoms with Gasteiger partial charge in [-0.2, -0.15) is 13.2 Å². The molecule has 0 aromatic heterocycles. The van der Waals surface area contributed by atoms with Crippen molar-refractivity contribution in [3.63, 3.8) is 0 Å². The van der Waals surface area contributed by atoms with Gasteiger partial charge < -0.3 is 4.90 Å². The third-order valence-electron chi connectivity index (χ3n) is 8.84. The predicted molar refractivity (Wildman–Crippen MR) is 131 cm³/mol. The van der Waals surface area contributed by atoms with Gasteiger partial charge in [0, 0.05) is 19.5 Å². The van der Waals surface area contributed by atoms with Crippen molar-refractivity contribution in [3.05, 3.63) is 35.4 Å². The Balaban J connectivity index is 1.09. The Morgan fingerprint density at radius 2 is 1.83 bits per heavy atom. The predicted octanol–water partition coefficient (Wildman–Crippen LogP) is 6.13. The highest BCUT2D eigenvalue weighted by Gasteiger charge is 2.49. The monoisotopic (exact) mass is 506 g/mol. The van der Waals surface area contributed by atoms with Crippen LogP contribution < -0.4 is 0 Å². The van der Waals surface area contributed by atoms with Crippen LogP contribution in [0.3, 0.4) is 0 Å². The van der Waals surface area contributed by atoms with E-state index >= 15 is 0 Å². The Kier molecular flexibility index (Phi) is 6.79. The van der Waals surface area contributed by atoms with Gasteiger partial charge in [0.2, 0.25) is 5.91 Å². The summed E-state index contributed by atoms with van der Waals surface area (Å²) in [5.41, 5.74) is 0.0481. The summed E-state index contributed by atoms with van der Waals surface area (Å²) in [4.78, 5) is 32.0. The highest BCUT2D eigenvalue weighted by atomic mass is 32.2. The molecule has 2 amide bonds. The van der Waals surface area contributed by atoms with E-state index in [1.807, 2.05) is 11.8 Å². The summed E-state index contributed by atoms with van der Waals surface area (Å²) in [5, 5.41) is 1.02. The minimum absolute atomic E-state index is 0.00673. The van der Waals surface area contributed by atoms with Crippen molar-refractivity contribution >= 4 is 28.6 Å². The molecule has 5 rings (SSSR count). The van der Waals surface area contributed by atoms with E-state index < -0.39 is 16.5 Å². The number of nitrogens with zero attached hydrogens (tertiary/aromatic N) is 2. The number of carbonyl (C=O) groups excluding carboxylic acids is 2. The Hall–Kier alpha value is -1.83. The van der Waals surface area contributed by atoms with Crippen molar-refractivity contribution in [2.75, 3.05) is 13.1 Å². The molecule has 2 heterocycles. The van der Waals surface area contributed by atoms with Gasteiger partial charge in [0.05, 0.1) is 10.6 Å². The maximum absolute atomic E-state index is 12.9. The van der Waals surface area contributed by atoms with Crippen molar-refractivity contribution in [1.29, 1.82) is 0 Å². The number of thioether (sulfide) groups is 1. The Morgan fingerprint density at radius 1 is 1.11 bits per heavy atom. The Morgan fingerprint density at radius 3 is 2.43 bits per heavy atom. The van der Waals surface area contributed by atoms with E-state index in [0.717, 1.165) is 53.8 Å². The summed E-state index contributed by atoms with van der Waals surface area (Å²) >= 11 is 1.68. The van der Waals surface area contributed by atoms with Gasteiger partial charge in [-0.3, -0.25) is 9.59 Å². The first kappa shape index (κ1) is 24.8. The van der Waals surface area contributed by atoms with Crippen LogP contribution in [0.1, 0.15) is 69.4 Å². The molecule has 2 aliphatic carbocycles. The number of likely N-dealkylation sites (tertiary alicyclic amines) is 1. The molecule has 3 fully saturated rings. The van der Waals surface area contributed by atoms with Crippen molar-refractivity contribution < 1.29 is 22.8 Å². The summed E-state index contributed by atoms with van der Waals surface area (Å²) < 4.78 is 37.6. The molecule has 2 bridgehead atoms. The van der Waals surface area contributed by atoms with E-state index in [9.17, 15) is 22.8 Å². The van der Waals surface area contributed by atoms with Crippen LogP contribution in [-0.2, 0) is 22.2 Å². The van der Waals surface area contributed by atoms with Gasteiger partial charge in [0.25, 0.3) is 5.91 Å². The number of piperidine rings is 1. The lowest BCUT2D eigenvalue weighted by molar-refractivity contribution is -0.137. The third kappa shape index (κ3) is 5.18. The van der Waals surface area contributed by atoms with E-state index in [1.165, 1.54) is 37.8 Å². The average molecular weight is 507 g/mol. The van der Waals surface area contributed by atoms with Crippen LogP contribution in [0.15, 0.2) is 29.3 Å². The zero-order valence-electron chi connectivity index (χ0n) is 20.2. The molecule has 1 saturated heterocycles. The molecule has 2 aliphatic heterocycles. The first-order valence-electron chi connectivity index (χ1n) is 12.9. The number of aryl methyl sites for hydroxylation is 1. The smallest absolute Gasteiger partial charge is 0.343 e. The standard InChI is InChI=1S/C27H33F3N2O2S/c1-26(25(34)31-23(35-26)16-20-15-18-2-6-19(20)14-18)21-10-12-32(13-11-21)24(33)9-5-17-3-7-22(8-4-17)27(28,29)30/h3-4,7-8,18-21H,2,5-6,9-16H2,1H3/t18-,19+,20-,26?/m1/s1. The molecule has 1 aromatic rings. The summed E-state index contributed by atoms with van der Waals surface area (Å²) in [5.74, 6) is 2.61. The van der Waals surface area contributed by atoms with E-state index in [4.69, 9.17) is 0 Å². The molecule has 8 heteroatoms. The van der Waals surface area contributed by atoms with Gasteiger partial charge in [0.15, 0.2) is 0 Å². The van der Waals surface area contributed by atoms with Gasteiger partial charge in [0.1, 0.15) is 4.75 Å². The van der Waals surface area contributed by atoms with Crippen LogP contribution in [0, 0.1) is 23.7 Å². The molecule has 0 radical (unpaired) electrons. The molecule has 0 spiro atoms. The molecular formula is C27H33F3N2O2S. The quantitative estimate of drug-likeness (QED) is 0.466.